The maximum Gasteiger partial charge on any atom is 0.222 e. The van der Waals surface area contributed by atoms with Gasteiger partial charge in [-0.2, -0.15) is 5.10 Å². The average molecular weight is 197 g/mol. The molecule has 1 N–H and O–H groups in total. The minimum atomic E-state index is 0.000390. The smallest absolute Gasteiger partial charge is 0.222 e. The van der Waals surface area contributed by atoms with Gasteiger partial charge < -0.3 is 10.3 Å². The highest BCUT2D eigenvalue weighted by atomic mass is 16.1. The fourth-order valence-electron chi connectivity index (χ4n) is 0.787. The van der Waals surface area contributed by atoms with E-state index in [4.69, 9.17) is 0 Å². The van der Waals surface area contributed by atoms with E-state index in [1.165, 1.54) is 0 Å². The minimum absolute atomic E-state index is 0.000390. The van der Waals surface area contributed by atoms with Crippen LogP contribution in [0.25, 0.3) is 0 Å². The molecule has 0 aromatic heterocycles. The second-order valence-corrected chi connectivity index (χ2v) is 3.52. The maximum absolute atomic E-state index is 11.2. The van der Waals surface area contributed by atoms with Crippen LogP contribution in [0.1, 0.15) is 13.8 Å². The summed E-state index contributed by atoms with van der Waals surface area (Å²) in [6.45, 7) is 7.76. The molecule has 0 rings (SSSR count). The lowest BCUT2D eigenvalue weighted by atomic mass is 10.2. The summed E-state index contributed by atoms with van der Waals surface area (Å²) in [5.41, 5.74) is 0.754. The van der Waals surface area contributed by atoms with Gasteiger partial charge in [0.05, 0.1) is 12.3 Å². The molecule has 0 saturated carbocycles. The summed E-state index contributed by atoms with van der Waals surface area (Å²) in [4.78, 5) is 11.2. The van der Waals surface area contributed by atoms with Crippen LogP contribution in [0.3, 0.4) is 0 Å². The van der Waals surface area contributed by atoms with Gasteiger partial charge in [-0.05, 0) is 6.08 Å². The number of carbonyl (C=O) groups is 1. The topological polar surface area (TPSA) is 44.7 Å². The molecule has 80 valence electrons. The van der Waals surface area contributed by atoms with E-state index in [0.29, 0.717) is 6.54 Å². The Morgan fingerprint density at radius 3 is 2.50 bits per heavy atom. The van der Waals surface area contributed by atoms with E-state index >= 15 is 0 Å². The van der Waals surface area contributed by atoms with Crippen LogP contribution in [0.2, 0.25) is 0 Å². The summed E-state index contributed by atoms with van der Waals surface area (Å²) in [6, 6.07) is 0. The molecule has 0 heterocycles. The van der Waals surface area contributed by atoms with Gasteiger partial charge in [0.2, 0.25) is 5.91 Å². The second-order valence-electron chi connectivity index (χ2n) is 3.52. The van der Waals surface area contributed by atoms with Gasteiger partial charge in [0.1, 0.15) is 0 Å². The molecule has 0 aliphatic carbocycles. The van der Waals surface area contributed by atoms with Crippen LogP contribution in [-0.2, 0) is 4.79 Å². The number of hydrazone groups is 1. The molecule has 0 radical (unpaired) electrons. The zero-order valence-electron chi connectivity index (χ0n) is 9.37. The quantitative estimate of drug-likeness (QED) is 0.525. The molecule has 0 aliphatic heterocycles. The van der Waals surface area contributed by atoms with Crippen molar-refractivity contribution in [2.75, 3.05) is 20.6 Å². The van der Waals surface area contributed by atoms with Crippen LogP contribution in [0.15, 0.2) is 17.8 Å². The van der Waals surface area contributed by atoms with Crippen molar-refractivity contribution in [1.82, 2.24) is 10.3 Å². The summed E-state index contributed by atoms with van der Waals surface area (Å²) in [6.07, 6.45) is 1.64. The van der Waals surface area contributed by atoms with Gasteiger partial charge >= 0.3 is 0 Å². The Bertz CT molecular complexity index is 232. The molecule has 4 heteroatoms. The van der Waals surface area contributed by atoms with Crippen molar-refractivity contribution in [1.29, 1.82) is 0 Å². The first-order valence-corrected chi connectivity index (χ1v) is 4.62. The normalized spacial score (nSPS) is 11.4. The van der Waals surface area contributed by atoms with E-state index in [-0.39, 0.29) is 11.8 Å². The molecule has 1 amide bonds. The van der Waals surface area contributed by atoms with Crippen molar-refractivity contribution in [3.8, 4) is 0 Å². The third kappa shape index (κ3) is 5.35. The van der Waals surface area contributed by atoms with E-state index in [1.807, 2.05) is 27.9 Å². The highest BCUT2D eigenvalue weighted by Gasteiger charge is 2.06. The standard InChI is InChI=1S/C10H19N3O/c1-6-9(12-13(4)5)7-11-10(14)8(2)3/h6,8H,1,7H2,2-5H3,(H,11,14)/b12-9+. The number of carbonyl (C=O) groups excluding carboxylic acids is 1. The van der Waals surface area contributed by atoms with Gasteiger partial charge in [-0.3, -0.25) is 4.79 Å². The van der Waals surface area contributed by atoms with E-state index in [9.17, 15) is 4.79 Å². The SMILES string of the molecule is C=C/C(CNC(=O)C(C)C)=N\N(C)C. The number of nitrogens with one attached hydrogen (secondary N) is 1. The third-order valence-electron chi connectivity index (χ3n) is 1.53. The van der Waals surface area contributed by atoms with Crippen LogP contribution in [0, 0.1) is 5.92 Å². The summed E-state index contributed by atoms with van der Waals surface area (Å²) < 4.78 is 0. The summed E-state index contributed by atoms with van der Waals surface area (Å²) in [5.74, 6) is 0.0266. The number of nitrogens with zero attached hydrogens (tertiary/aromatic N) is 2. The number of hydrogen-bond donors (Lipinski definition) is 1. The molecule has 0 bridgehead atoms. The number of amides is 1. The Morgan fingerprint density at radius 2 is 2.14 bits per heavy atom. The monoisotopic (exact) mass is 197 g/mol. The Balaban J connectivity index is 4.09. The second kappa shape index (κ2) is 6.18. The maximum atomic E-state index is 11.2. The molecule has 0 aromatic carbocycles. The average Bonchev–Trinajstić information content (AvgIpc) is 2.10. The molecule has 0 spiro atoms. The Hall–Kier alpha value is -1.32. The third-order valence-corrected chi connectivity index (χ3v) is 1.53. The molecule has 0 atom stereocenters. The highest BCUT2D eigenvalue weighted by molar-refractivity contribution is 5.98. The van der Waals surface area contributed by atoms with Crippen LogP contribution in [0.5, 0.6) is 0 Å². The van der Waals surface area contributed by atoms with Crippen molar-refractivity contribution in [2.45, 2.75) is 13.8 Å². The van der Waals surface area contributed by atoms with Crippen molar-refractivity contribution < 1.29 is 4.79 Å². The fourth-order valence-corrected chi connectivity index (χ4v) is 0.787. The highest BCUT2D eigenvalue weighted by Crippen LogP contribution is 1.90. The molecule has 0 saturated heterocycles. The van der Waals surface area contributed by atoms with Gasteiger partial charge in [0.15, 0.2) is 0 Å². The lowest BCUT2D eigenvalue weighted by Gasteiger charge is -2.10. The van der Waals surface area contributed by atoms with Gasteiger partial charge in [-0.15, -0.1) is 0 Å². The Labute approximate surface area is 85.7 Å². The molecular formula is C10H19N3O. The Kier molecular flexibility index (Phi) is 5.60. The van der Waals surface area contributed by atoms with Crippen LogP contribution in [-0.4, -0.2) is 37.3 Å². The van der Waals surface area contributed by atoms with Crippen LogP contribution in [0.4, 0.5) is 0 Å². The molecule has 14 heavy (non-hydrogen) atoms. The van der Waals surface area contributed by atoms with Gasteiger partial charge in [0.25, 0.3) is 0 Å². The lowest BCUT2D eigenvalue weighted by Crippen LogP contribution is -2.32. The summed E-state index contributed by atoms with van der Waals surface area (Å²) >= 11 is 0. The van der Waals surface area contributed by atoms with Gasteiger partial charge in [-0.1, -0.05) is 20.4 Å². The Morgan fingerprint density at radius 1 is 1.57 bits per heavy atom. The molecule has 0 fully saturated rings. The largest absolute Gasteiger partial charge is 0.350 e. The zero-order valence-corrected chi connectivity index (χ0v) is 9.37. The predicted molar refractivity (Wildman–Crippen MR) is 59.2 cm³/mol. The van der Waals surface area contributed by atoms with Crippen LogP contribution < -0.4 is 5.32 Å². The molecular weight excluding hydrogens is 178 g/mol. The zero-order chi connectivity index (χ0) is 11.1. The van der Waals surface area contributed by atoms with Crippen molar-refractivity contribution in [2.24, 2.45) is 11.0 Å². The summed E-state index contributed by atoms with van der Waals surface area (Å²) in [7, 11) is 3.65. The molecule has 0 aliphatic rings. The first-order valence-electron chi connectivity index (χ1n) is 4.62. The van der Waals surface area contributed by atoms with E-state index in [0.717, 1.165) is 5.71 Å². The molecule has 0 aromatic rings. The molecule has 4 nitrogen and oxygen atoms in total. The van der Waals surface area contributed by atoms with E-state index in [2.05, 4.69) is 17.0 Å². The first-order chi connectivity index (χ1) is 6.47. The first kappa shape index (κ1) is 12.7. The van der Waals surface area contributed by atoms with E-state index < -0.39 is 0 Å². The predicted octanol–water partition coefficient (Wildman–Crippen LogP) is 0.862. The summed E-state index contributed by atoms with van der Waals surface area (Å²) in [5, 5.41) is 8.59. The van der Waals surface area contributed by atoms with Gasteiger partial charge in [0, 0.05) is 20.0 Å². The van der Waals surface area contributed by atoms with Crippen LogP contribution >= 0.6 is 0 Å². The fraction of sp³-hybridized carbons (Fsp3) is 0.600. The van der Waals surface area contributed by atoms with Crippen molar-refractivity contribution in [3.05, 3.63) is 12.7 Å². The number of hydrogen-bond acceptors (Lipinski definition) is 3. The minimum Gasteiger partial charge on any atom is -0.350 e. The number of rotatable bonds is 5. The van der Waals surface area contributed by atoms with Gasteiger partial charge in [-0.25, -0.2) is 0 Å². The van der Waals surface area contributed by atoms with E-state index in [1.54, 1.807) is 11.1 Å². The van der Waals surface area contributed by atoms with Crippen molar-refractivity contribution >= 4 is 11.6 Å². The molecule has 0 unspecified atom stereocenters. The lowest BCUT2D eigenvalue weighted by molar-refractivity contribution is -0.123. The van der Waals surface area contributed by atoms with Crippen molar-refractivity contribution in [3.63, 3.8) is 0 Å².